The van der Waals surface area contributed by atoms with Gasteiger partial charge in [0.15, 0.2) is 0 Å². The summed E-state index contributed by atoms with van der Waals surface area (Å²) in [6, 6.07) is 7.58. The van der Waals surface area contributed by atoms with E-state index in [0.717, 1.165) is 11.3 Å². The number of amides is 1. The van der Waals surface area contributed by atoms with Gasteiger partial charge < -0.3 is 9.64 Å². The molecule has 18 heavy (non-hydrogen) atoms. The highest BCUT2D eigenvalue weighted by Gasteiger charge is 2.15. The lowest BCUT2D eigenvalue weighted by molar-refractivity contribution is 0.0772. The molecule has 6 nitrogen and oxygen atoms in total. The number of H-pyrrole nitrogens is 1. The molecule has 0 saturated heterocycles. The molecule has 0 unspecified atom stereocenters. The molecule has 1 heterocycles. The molecule has 0 fully saturated rings. The van der Waals surface area contributed by atoms with Crippen molar-refractivity contribution < 1.29 is 9.53 Å². The van der Waals surface area contributed by atoms with Crippen molar-refractivity contribution in [3.63, 3.8) is 0 Å². The molecule has 1 amide bonds. The highest BCUT2D eigenvalue weighted by atomic mass is 16.5. The number of nitrogens with one attached hydrogen (secondary N) is 1. The number of aromatic nitrogens is 3. The second kappa shape index (κ2) is 5.31. The lowest BCUT2D eigenvalue weighted by atomic mass is 10.2. The summed E-state index contributed by atoms with van der Waals surface area (Å²) < 4.78 is 5.24. The smallest absolute Gasteiger partial charge is 0.291 e. The van der Waals surface area contributed by atoms with Gasteiger partial charge in [0.25, 0.3) is 5.91 Å². The Balaban J connectivity index is 2.11. The number of nitrogens with zero attached hydrogens (tertiary/aromatic N) is 3. The third kappa shape index (κ3) is 2.48. The van der Waals surface area contributed by atoms with E-state index in [1.807, 2.05) is 24.3 Å². The van der Waals surface area contributed by atoms with E-state index in [4.69, 9.17) is 4.74 Å². The van der Waals surface area contributed by atoms with Crippen molar-refractivity contribution in [3.8, 4) is 5.75 Å². The number of methoxy groups -OCH3 is 1. The van der Waals surface area contributed by atoms with Crippen molar-refractivity contribution in [2.45, 2.75) is 6.54 Å². The summed E-state index contributed by atoms with van der Waals surface area (Å²) in [6.07, 6.45) is 1.31. The number of carbonyl (C=O) groups excluding carboxylic acids is 1. The Hall–Kier alpha value is -2.37. The lowest BCUT2D eigenvalue weighted by Crippen LogP contribution is -2.27. The molecular weight excluding hydrogens is 232 g/mol. The molecule has 0 aliphatic heterocycles. The number of para-hydroxylation sites is 1. The summed E-state index contributed by atoms with van der Waals surface area (Å²) in [4.78, 5) is 17.3. The Morgan fingerprint density at radius 2 is 2.22 bits per heavy atom. The average molecular weight is 246 g/mol. The zero-order valence-electron chi connectivity index (χ0n) is 10.3. The van der Waals surface area contributed by atoms with E-state index in [0.29, 0.717) is 6.54 Å². The molecule has 0 saturated carbocycles. The SMILES string of the molecule is COc1ccccc1CN(C)C(=O)c1ncn[nH]1. The summed E-state index contributed by atoms with van der Waals surface area (Å²) in [5, 5.41) is 6.21. The van der Waals surface area contributed by atoms with Crippen molar-refractivity contribution in [2.24, 2.45) is 0 Å². The van der Waals surface area contributed by atoms with Crippen LogP contribution in [0.4, 0.5) is 0 Å². The number of ether oxygens (including phenoxy) is 1. The van der Waals surface area contributed by atoms with E-state index in [-0.39, 0.29) is 11.7 Å². The van der Waals surface area contributed by atoms with Gasteiger partial charge >= 0.3 is 0 Å². The molecule has 0 spiro atoms. The molecule has 0 aliphatic rings. The van der Waals surface area contributed by atoms with E-state index < -0.39 is 0 Å². The highest BCUT2D eigenvalue weighted by molar-refractivity contribution is 5.90. The summed E-state index contributed by atoms with van der Waals surface area (Å²) in [5.74, 6) is 0.778. The van der Waals surface area contributed by atoms with E-state index in [2.05, 4.69) is 15.2 Å². The molecule has 1 aromatic heterocycles. The Kier molecular flexibility index (Phi) is 3.57. The summed E-state index contributed by atoms with van der Waals surface area (Å²) in [6.45, 7) is 0.448. The first kappa shape index (κ1) is 12.1. The Labute approximate surface area is 105 Å². The lowest BCUT2D eigenvalue weighted by Gasteiger charge is -2.17. The molecule has 2 rings (SSSR count). The van der Waals surface area contributed by atoms with Gasteiger partial charge in [0.1, 0.15) is 12.1 Å². The van der Waals surface area contributed by atoms with Crippen LogP contribution in [0.1, 0.15) is 16.2 Å². The summed E-state index contributed by atoms with van der Waals surface area (Å²) in [7, 11) is 3.31. The fraction of sp³-hybridized carbons (Fsp3) is 0.250. The van der Waals surface area contributed by atoms with Crippen LogP contribution in [-0.4, -0.2) is 40.1 Å². The zero-order valence-corrected chi connectivity index (χ0v) is 10.3. The van der Waals surface area contributed by atoms with E-state index in [1.165, 1.54) is 6.33 Å². The Bertz CT molecular complexity index is 525. The van der Waals surface area contributed by atoms with E-state index in [9.17, 15) is 4.79 Å². The molecule has 0 aliphatic carbocycles. The largest absolute Gasteiger partial charge is 0.496 e. The first-order chi connectivity index (χ1) is 8.72. The molecular formula is C12H14N4O2. The van der Waals surface area contributed by atoms with Crippen LogP contribution >= 0.6 is 0 Å². The van der Waals surface area contributed by atoms with Crippen LogP contribution in [0.3, 0.4) is 0 Å². The quantitative estimate of drug-likeness (QED) is 0.876. The van der Waals surface area contributed by atoms with Gasteiger partial charge in [-0.3, -0.25) is 9.89 Å². The molecule has 0 bridgehead atoms. The maximum absolute atomic E-state index is 12.0. The normalized spacial score (nSPS) is 10.1. The summed E-state index contributed by atoms with van der Waals surface area (Å²) in [5.41, 5.74) is 0.940. The minimum absolute atomic E-state index is 0.210. The maximum atomic E-state index is 12.0. The van der Waals surface area contributed by atoms with Crippen molar-refractivity contribution >= 4 is 5.91 Å². The molecule has 0 radical (unpaired) electrons. The zero-order chi connectivity index (χ0) is 13.0. The van der Waals surface area contributed by atoms with Crippen LogP contribution in [-0.2, 0) is 6.54 Å². The molecule has 94 valence electrons. The van der Waals surface area contributed by atoms with Crippen LogP contribution < -0.4 is 4.74 Å². The van der Waals surface area contributed by atoms with Gasteiger partial charge in [-0.05, 0) is 6.07 Å². The van der Waals surface area contributed by atoms with Crippen LogP contribution in [0.5, 0.6) is 5.75 Å². The number of benzene rings is 1. The third-order valence-corrected chi connectivity index (χ3v) is 2.56. The second-order valence-corrected chi connectivity index (χ2v) is 3.81. The second-order valence-electron chi connectivity index (χ2n) is 3.81. The van der Waals surface area contributed by atoms with E-state index >= 15 is 0 Å². The fourth-order valence-corrected chi connectivity index (χ4v) is 1.65. The predicted octanol–water partition coefficient (Wildman–Crippen LogP) is 1.09. The number of aromatic amines is 1. The maximum Gasteiger partial charge on any atom is 0.291 e. The average Bonchev–Trinajstić information content (AvgIpc) is 2.92. The van der Waals surface area contributed by atoms with Crippen LogP contribution in [0.15, 0.2) is 30.6 Å². The highest BCUT2D eigenvalue weighted by Crippen LogP contribution is 2.19. The van der Waals surface area contributed by atoms with Gasteiger partial charge in [-0.15, -0.1) is 0 Å². The molecule has 6 heteroatoms. The first-order valence-electron chi connectivity index (χ1n) is 5.45. The minimum atomic E-state index is -0.210. The van der Waals surface area contributed by atoms with Gasteiger partial charge in [0.05, 0.1) is 7.11 Å². The van der Waals surface area contributed by atoms with Crippen LogP contribution in [0.25, 0.3) is 0 Å². The first-order valence-corrected chi connectivity index (χ1v) is 5.45. The number of hydrogen-bond acceptors (Lipinski definition) is 4. The van der Waals surface area contributed by atoms with Crippen molar-refractivity contribution in [3.05, 3.63) is 42.0 Å². The van der Waals surface area contributed by atoms with Crippen molar-refractivity contribution in [1.29, 1.82) is 0 Å². The molecule has 1 aromatic carbocycles. The van der Waals surface area contributed by atoms with Gasteiger partial charge in [0.2, 0.25) is 5.82 Å². The van der Waals surface area contributed by atoms with Crippen LogP contribution in [0, 0.1) is 0 Å². The summed E-state index contributed by atoms with van der Waals surface area (Å²) >= 11 is 0. The third-order valence-electron chi connectivity index (χ3n) is 2.56. The topological polar surface area (TPSA) is 71.1 Å². The van der Waals surface area contributed by atoms with Gasteiger partial charge in [-0.2, -0.15) is 5.10 Å². The molecule has 2 aromatic rings. The number of hydrogen-bond donors (Lipinski definition) is 1. The number of carbonyl (C=O) groups is 1. The van der Waals surface area contributed by atoms with Gasteiger partial charge in [-0.1, -0.05) is 18.2 Å². The Morgan fingerprint density at radius 1 is 1.44 bits per heavy atom. The number of rotatable bonds is 4. The van der Waals surface area contributed by atoms with Crippen molar-refractivity contribution in [1.82, 2.24) is 20.1 Å². The molecule has 0 atom stereocenters. The fourth-order valence-electron chi connectivity index (χ4n) is 1.65. The van der Waals surface area contributed by atoms with Gasteiger partial charge in [0, 0.05) is 19.2 Å². The van der Waals surface area contributed by atoms with Crippen molar-refractivity contribution in [2.75, 3.05) is 14.2 Å². The monoisotopic (exact) mass is 246 g/mol. The van der Waals surface area contributed by atoms with Gasteiger partial charge in [-0.25, -0.2) is 4.98 Å². The van der Waals surface area contributed by atoms with Crippen LogP contribution in [0.2, 0.25) is 0 Å². The Morgan fingerprint density at radius 3 is 2.89 bits per heavy atom. The predicted molar refractivity (Wildman–Crippen MR) is 65.2 cm³/mol. The standard InChI is InChI=1S/C12H14N4O2/c1-16(12(17)11-13-8-14-15-11)7-9-5-3-4-6-10(9)18-2/h3-6,8H,7H2,1-2H3,(H,13,14,15). The minimum Gasteiger partial charge on any atom is -0.496 e. The molecule has 1 N–H and O–H groups in total. The van der Waals surface area contributed by atoms with E-state index in [1.54, 1.807) is 19.1 Å².